The SMILES string of the molecule is CCC(CC(N)=S)N1CCS(=O)CC1. The summed E-state index contributed by atoms with van der Waals surface area (Å²) in [5.41, 5.74) is 5.55. The normalized spacial score (nSPS) is 22.1. The molecule has 0 spiro atoms. The molecule has 0 aromatic rings. The van der Waals surface area contributed by atoms with Gasteiger partial charge in [-0.3, -0.25) is 9.11 Å². The van der Waals surface area contributed by atoms with Crippen molar-refractivity contribution in [2.24, 2.45) is 5.73 Å². The Hall–Kier alpha value is -0.0000000000000000555. The van der Waals surface area contributed by atoms with Crippen LogP contribution in [0.25, 0.3) is 0 Å². The third kappa shape index (κ3) is 3.63. The smallest absolute Gasteiger partial charge is 0.0743 e. The van der Waals surface area contributed by atoms with Gasteiger partial charge in [-0.05, 0) is 6.42 Å². The molecule has 82 valence electrons. The highest BCUT2D eigenvalue weighted by Crippen LogP contribution is 2.12. The standard InChI is InChI=1S/C9H18N2OS2/c1-2-8(7-9(10)13)11-3-5-14(12)6-4-11/h8H,2-7H2,1H3,(H2,10,13). The zero-order chi connectivity index (χ0) is 10.6. The van der Waals surface area contributed by atoms with E-state index in [1.165, 1.54) is 0 Å². The molecule has 0 aromatic carbocycles. The lowest BCUT2D eigenvalue weighted by atomic mass is 10.1. The first-order valence-electron chi connectivity index (χ1n) is 5.00. The highest BCUT2D eigenvalue weighted by atomic mass is 32.2. The molecule has 1 atom stereocenters. The van der Waals surface area contributed by atoms with Crippen molar-refractivity contribution in [3.63, 3.8) is 0 Å². The minimum absolute atomic E-state index is 0.449. The summed E-state index contributed by atoms with van der Waals surface area (Å²) in [6, 6.07) is 0.449. The van der Waals surface area contributed by atoms with Crippen molar-refractivity contribution in [2.75, 3.05) is 24.6 Å². The molecule has 0 radical (unpaired) electrons. The summed E-state index contributed by atoms with van der Waals surface area (Å²) < 4.78 is 11.2. The second-order valence-corrected chi connectivity index (χ2v) is 5.84. The molecule has 1 unspecified atom stereocenters. The average Bonchev–Trinajstić information content (AvgIpc) is 2.15. The van der Waals surface area contributed by atoms with Crippen LogP contribution in [0.3, 0.4) is 0 Å². The van der Waals surface area contributed by atoms with Gasteiger partial charge in [0.2, 0.25) is 0 Å². The van der Waals surface area contributed by atoms with Crippen LogP contribution in [-0.4, -0.2) is 44.7 Å². The topological polar surface area (TPSA) is 46.3 Å². The Morgan fingerprint density at radius 2 is 2.14 bits per heavy atom. The molecular weight excluding hydrogens is 216 g/mol. The van der Waals surface area contributed by atoms with Gasteiger partial charge >= 0.3 is 0 Å². The summed E-state index contributed by atoms with van der Waals surface area (Å²) >= 11 is 4.92. The number of nitrogens with two attached hydrogens (primary N) is 1. The van der Waals surface area contributed by atoms with Crippen LogP contribution in [0.5, 0.6) is 0 Å². The summed E-state index contributed by atoms with van der Waals surface area (Å²) in [7, 11) is -0.598. The molecular formula is C9H18N2OS2. The van der Waals surface area contributed by atoms with Crippen LogP contribution in [0.15, 0.2) is 0 Å². The van der Waals surface area contributed by atoms with Crippen LogP contribution in [0.4, 0.5) is 0 Å². The van der Waals surface area contributed by atoms with Crippen molar-refractivity contribution >= 4 is 28.0 Å². The third-order valence-electron chi connectivity index (χ3n) is 2.64. The molecule has 0 aromatic heterocycles. The molecule has 3 nitrogen and oxygen atoms in total. The van der Waals surface area contributed by atoms with Crippen LogP contribution in [0, 0.1) is 0 Å². The van der Waals surface area contributed by atoms with Crippen LogP contribution >= 0.6 is 12.2 Å². The zero-order valence-corrected chi connectivity index (χ0v) is 10.2. The first kappa shape index (κ1) is 12.1. The van der Waals surface area contributed by atoms with Gasteiger partial charge < -0.3 is 5.73 Å². The van der Waals surface area contributed by atoms with Crippen molar-refractivity contribution in [1.82, 2.24) is 4.90 Å². The molecule has 1 fully saturated rings. The van der Waals surface area contributed by atoms with Crippen molar-refractivity contribution in [3.05, 3.63) is 0 Å². The Morgan fingerprint density at radius 3 is 2.57 bits per heavy atom. The Morgan fingerprint density at radius 1 is 1.57 bits per heavy atom. The van der Waals surface area contributed by atoms with Gasteiger partial charge in [-0.25, -0.2) is 0 Å². The first-order valence-corrected chi connectivity index (χ1v) is 6.90. The van der Waals surface area contributed by atoms with Gasteiger partial charge in [0.25, 0.3) is 0 Å². The van der Waals surface area contributed by atoms with E-state index < -0.39 is 10.8 Å². The number of hydrogen-bond acceptors (Lipinski definition) is 3. The highest BCUT2D eigenvalue weighted by Gasteiger charge is 2.22. The van der Waals surface area contributed by atoms with E-state index in [9.17, 15) is 4.21 Å². The Kier molecular flexibility index (Phi) is 4.98. The second kappa shape index (κ2) is 5.78. The molecule has 2 N–H and O–H groups in total. The molecule has 0 saturated carbocycles. The van der Waals surface area contributed by atoms with Crippen molar-refractivity contribution < 1.29 is 4.21 Å². The summed E-state index contributed by atoms with van der Waals surface area (Å²) in [5.74, 6) is 1.60. The lowest BCUT2D eigenvalue weighted by molar-refractivity contribution is 0.214. The summed E-state index contributed by atoms with van der Waals surface area (Å²) in [6.45, 7) is 4.00. The predicted molar refractivity (Wildman–Crippen MR) is 64.9 cm³/mol. The molecule has 14 heavy (non-hydrogen) atoms. The maximum Gasteiger partial charge on any atom is 0.0743 e. The average molecular weight is 234 g/mol. The molecule has 0 aliphatic carbocycles. The second-order valence-electron chi connectivity index (χ2n) is 3.62. The van der Waals surface area contributed by atoms with Gasteiger partial charge in [-0.1, -0.05) is 19.1 Å². The van der Waals surface area contributed by atoms with E-state index in [1.54, 1.807) is 0 Å². The van der Waals surface area contributed by atoms with Gasteiger partial charge in [0.05, 0.1) is 4.99 Å². The Labute approximate surface area is 93.5 Å². The Bertz CT molecular complexity index is 223. The Balaban J connectivity index is 2.44. The molecule has 1 rings (SSSR count). The lowest BCUT2D eigenvalue weighted by Crippen LogP contribution is -2.45. The van der Waals surface area contributed by atoms with Crippen LogP contribution < -0.4 is 5.73 Å². The zero-order valence-electron chi connectivity index (χ0n) is 8.57. The quantitative estimate of drug-likeness (QED) is 0.720. The van der Waals surface area contributed by atoms with E-state index in [-0.39, 0.29) is 0 Å². The minimum atomic E-state index is -0.598. The molecule has 5 heteroatoms. The number of hydrogen-bond donors (Lipinski definition) is 1. The van der Waals surface area contributed by atoms with E-state index in [0.717, 1.165) is 37.4 Å². The van der Waals surface area contributed by atoms with Crippen LogP contribution in [-0.2, 0) is 10.8 Å². The number of nitrogens with zero attached hydrogens (tertiary/aromatic N) is 1. The third-order valence-corrected chi connectivity index (χ3v) is 4.08. The van der Waals surface area contributed by atoms with Crippen molar-refractivity contribution in [3.8, 4) is 0 Å². The maximum atomic E-state index is 11.2. The van der Waals surface area contributed by atoms with E-state index in [4.69, 9.17) is 18.0 Å². The van der Waals surface area contributed by atoms with Crippen LogP contribution in [0.1, 0.15) is 19.8 Å². The largest absolute Gasteiger partial charge is 0.393 e. The fourth-order valence-electron chi connectivity index (χ4n) is 1.78. The van der Waals surface area contributed by atoms with Gasteiger partial charge in [-0.2, -0.15) is 0 Å². The summed E-state index contributed by atoms with van der Waals surface area (Å²) in [5, 5.41) is 0. The van der Waals surface area contributed by atoms with Crippen molar-refractivity contribution in [2.45, 2.75) is 25.8 Å². The lowest BCUT2D eigenvalue weighted by Gasteiger charge is -2.33. The monoisotopic (exact) mass is 234 g/mol. The van der Waals surface area contributed by atoms with E-state index in [2.05, 4.69) is 11.8 Å². The molecule has 1 saturated heterocycles. The van der Waals surface area contributed by atoms with Crippen LogP contribution in [0.2, 0.25) is 0 Å². The van der Waals surface area contributed by atoms with E-state index in [0.29, 0.717) is 11.0 Å². The van der Waals surface area contributed by atoms with Gasteiger partial charge in [0, 0.05) is 47.9 Å². The van der Waals surface area contributed by atoms with Crippen molar-refractivity contribution in [1.29, 1.82) is 0 Å². The van der Waals surface area contributed by atoms with E-state index in [1.807, 2.05) is 0 Å². The van der Waals surface area contributed by atoms with Gasteiger partial charge in [0.1, 0.15) is 0 Å². The molecule has 1 aliphatic rings. The number of rotatable bonds is 4. The van der Waals surface area contributed by atoms with E-state index >= 15 is 0 Å². The fourth-order valence-corrected chi connectivity index (χ4v) is 3.05. The molecule has 0 amide bonds. The summed E-state index contributed by atoms with van der Waals surface area (Å²) in [6.07, 6.45) is 1.85. The van der Waals surface area contributed by atoms with Gasteiger partial charge in [0.15, 0.2) is 0 Å². The highest BCUT2D eigenvalue weighted by molar-refractivity contribution is 7.85. The molecule has 0 bridgehead atoms. The number of thiocarbonyl (C=S) groups is 1. The molecule has 1 aliphatic heterocycles. The predicted octanol–water partition coefficient (Wildman–Crippen LogP) is 0.506. The molecule has 1 heterocycles. The summed E-state index contributed by atoms with van der Waals surface area (Å²) in [4.78, 5) is 2.95. The van der Waals surface area contributed by atoms with Gasteiger partial charge in [-0.15, -0.1) is 0 Å². The first-order chi connectivity index (χ1) is 6.63. The minimum Gasteiger partial charge on any atom is -0.393 e. The maximum absolute atomic E-state index is 11.2. The fraction of sp³-hybridized carbons (Fsp3) is 0.889.